The topological polar surface area (TPSA) is 208 Å². The maximum atomic E-state index is 7.50. The maximum absolute atomic E-state index is 7.50. The molecule has 0 aromatic rings. The second-order valence-corrected chi connectivity index (χ2v) is 7.86. The van der Waals surface area contributed by atoms with E-state index in [-0.39, 0.29) is 58.4 Å². The van der Waals surface area contributed by atoms with Crippen molar-refractivity contribution in [1.29, 1.82) is 0 Å². The quantitative estimate of drug-likeness (QED) is 0.189. The van der Waals surface area contributed by atoms with Gasteiger partial charge in [-0.3, -0.25) is 0 Å². The van der Waals surface area contributed by atoms with Gasteiger partial charge in [0.1, 0.15) is 0 Å². The van der Waals surface area contributed by atoms with Crippen LogP contribution in [0.5, 0.6) is 0 Å². The van der Waals surface area contributed by atoms with Gasteiger partial charge in [0.25, 0.3) is 0 Å². The van der Waals surface area contributed by atoms with Crippen molar-refractivity contribution in [2.24, 2.45) is 0 Å². The summed E-state index contributed by atoms with van der Waals surface area (Å²) >= 11 is 0. The van der Waals surface area contributed by atoms with Gasteiger partial charge in [-0.2, -0.15) is 0 Å². The molecule has 0 fully saturated rings. The molecule has 2 aliphatic rings. The van der Waals surface area contributed by atoms with Crippen molar-refractivity contribution in [1.82, 2.24) is 0 Å². The molecule has 0 saturated carbocycles. The summed E-state index contributed by atoms with van der Waals surface area (Å²) in [6.45, 7) is 54.0. The molecule has 0 unspecified atom stereocenters. The fourth-order valence-corrected chi connectivity index (χ4v) is 7.25. The van der Waals surface area contributed by atoms with Crippen molar-refractivity contribution in [2.45, 2.75) is 53.4 Å². The molecule has 0 aromatic heterocycles. The van der Waals surface area contributed by atoms with Crippen LogP contribution in [0, 0.1) is 66.5 Å². The maximum Gasteiger partial charge on any atom is 0 e. The molecule has 0 aromatic carbocycles. The molecule has 0 saturated heterocycles. The van der Waals surface area contributed by atoms with E-state index in [0.717, 1.165) is 0 Å². The second kappa shape index (κ2) is 83.6. The Kier molecular flexibility index (Phi) is 159. The zero-order valence-electron chi connectivity index (χ0n) is 20.0. The van der Waals surface area contributed by atoms with E-state index in [1.807, 2.05) is 0 Å². The van der Waals surface area contributed by atoms with Crippen LogP contribution in [0.15, 0.2) is 21.3 Å². The van der Waals surface area contributed by atoms with Crippen molar-refractivity contribution in [3.63, 3.8) is 0 Å². The molecule has 0 N–H and O–H groups in total. The molecule has 0 aliphatic carbocycles. The van der Waals surface area contributed by atoms with Crippen LogP contribution in [-0.4, -0.2) is 0 Å². The third kappa shape index (κ3) is 39.7. The molecule has 2 heterocycles. The summed E-state index contributed by atoms with van der Waals surface area (Å²) in [5, 5.41) is 6.58. The summed E-state index contributed by atoms with van der Waals surface area (Å²) in [6, 6.07) is 0. The first-order valence-corrected chi connectivity index (χ1v) is 10.6. The average Bonchev–Trinajstić information content (AvgIpc) is 3.92. The minimum absolute atomic E-state index is 0. The summed E-state index contributed by atoms with van der Waals surface area (Å²) in [6.07, 6.45) is 4.84. The van der Waals surface area contributed by atoms with Crippen LogP contribution in [0.3, 0.4) is 0 Å². The Morgan fingerprint density at radius 1 is 0.378 bits per heavy atom. The summed E-state index contributed by atoms with van der Waals surface area (Å²) in [5.74, 6) is 0. The Balaban J connectivity index is -0.0000000293. The minimum Gasteiger partial charge on any atom is 0 e. The van der Waals surface area contributed by atoms with Gasteiger partial charge in [0.2, 0.25) is 0 Å². The largest absolute Gasteiger partial charge is 0 e. The third-order valence-electron chi connectivity index (χ3n) is 3.05. The summed E-state index contributed by atoms with van der Waals surface area (Å²) in [7, 11) is -0.397. The summed E-state index contributed by atoms with van der Waals surface area (Å²) < 4.78 is 81.3. The smallest absolute Gasteiger partial charge is 0 e. The molecule has 0 spiro atoms. The Hall–Kier alpha value is -0.923. The van der Waals surface area contributed by atoms with Gasteiger partial charge in [-0.05, 0) is 46.9 Å². The Bertz CT molecular complexity index is 583. The van der Waals surface area contributed by atoms with Crippen LogP contribution < -0.4 is 0 Å². The van der Waals surface area contributed by atoms with E-state index in [1.165, 1.54) is 25.7 Å². The van der Waals surface area contributed by atoms with Gasteiger partial charge < -0.3 is 4.31 Å². The zero-order valence-corrected chi connectivity index (χ0v) is 27.7. The molecule has 2 aliphatic heterocycles. The molecule has 37 heavy (non-hydrogen) atoms. The van der Waals surface area contributed by atoms with Gasteiger partial charge >= 0.3 is 113 Å². The van der Waals surface area contributed by atoms with Crippen LogP contribution in [0.4, 0.5) is 0 Å². The molecule has 0 amide bonds. The average molecular weight is 890 g/mol. The molecular formula is C22H20O11P2W2. The van der Waals surface area contributed by atoms with Crippen LogP contribution >= 0.6 is 16.3 Å². The Morgan fingerprint density at radius 3 is 0.568 bits per heavy atom. The number of hydrogen-bond donors (Lipinski definition) is 0. The molecule has 2 rings (SSSR count). The fraction of sp³-hybridized carbons (Fsp3) is 0.364. The zero-order chi connectivity index (χ0) is 31.0. The third-order valence-corrected chi connectivity index (χ3v) is 8.21. The van der Waals surface area contributed by atoms with Crippen LogP contribution in [-0.2, 0) is 93.0 Å². The summed E-state index contributed by atoms with van der Waals surface area (Å²) in [5.41, 5.74) is 0. The van der Waals surface area contributed by atoms with E-state index < -0.39 is 0 Å². The normalized spacial score (nSPS) is 9.30. The molecule has 11 nitrogen and oxygen atoms in total. The van der Waals surface area contributed by atoms with Crippen molar-refractivity contribution in [3.8, 4) is 0 Å². The second-order valence-electron chi connectivity index (χ2n) is 3.87. The van der Waals surface area contributed by atoms with Gasteiger partial charge in [-0.15, -0.1) is 0 Å². The van der Waals surface area contributed by atoms with E-state index in [0.29, 0.717) is 0 Å². The van der Waals surface area contributed by atoms with Crippen molar-refractivity contribution < 1.29 is 93.0 Å². The first-order chi connectivity index (χ1) is 17.3. The Morgan fingerprint density at radius 2 is 0.486 bits per heavy atom. The molecule has 196 valence electrons. The predicted molar refractivity (Wildman–Crippen MR) is 109 cm³/mol. The van der Waals surface area contributed by atoms with Gasteiger partial charge in [0.15, 0.2) is 0 Å². The molecule has 0 atom stereocenters. The predicted octanol–water partition coefficient (Wildman–Crippen LogP) is 5.51. The number of hydrogen-bond acceptors (Lipinski definition) is 1. The standard InChI is InChI=1S/C12H20OP2.10CO.2W/c1-5-9-10(6-2)14(9)13-15-11(7-3)12(15)8-4;10*1-2;;/h5-8H2,1-4H3;;;;;;;;;;;;. The molecule has 15 heteroatoms. The number of rotatable bonds is 6. The molecule has 0 radical (unpaired) electrons. The van der Waals surface area contributed by atoms with E-state index in [1.54, 1.807) is 21.3 Å². The first kappa shape index (κ1) is 70.6. The monoisotopic (exact) mass is 890 g/mol. The Labute approximate surface area is 249 Å². The fourth-order valence-electron chi connectivity index (χ4n) is 2.11. The molecular weight excluding hydrogens is 870 g/mol. The van der Waals surface area contributed by atoms with E-state index in [4.69, 9.17) is 50.8 Å². The van der Waals surface area contributed by atoms with Gasteiger partial charge in [-0.1, -0.05) is 27.7 Å². The van der Waals surface area contributed by atoms with Crippen molar-refractivity contribution in [2.75, 3.05) is 0 Å². The van der Waals surface area contributed by atoms with Crippen LogP contribution in [0.1, 0.15) is 53.4 Å². The van der Waals surface area contributed by atoms with Gasteiger partial charge in [0.05, 0.1) is 16.3 Å². The molecule has 0 bridgehead atoms. The van der Waals surface area contributed by atoms with Crippen LogP contribution in [0.2, 0.25) is 0 Å². The van der Waals surface area contributed by atoms with Gasteiger partial charge in [0, 0.05) is 42.1 Å². The van der Waals surface area contributed by atoms with Crippen LogP contribution in [0.25, 0.3) is 0 Å². The minimum atomic E-state index is -0.199. The van der Waals surface area contributed by atoms with E-state index in [2.05, 4.69) is 94.2 Å². The van der Waals surface area contributed by atoms with E-state index in [9.17, 15) is 0 Å². The SMILES string of the molecule is CCC1=C(CC)P1OP1C(CC)=C1CC.[C-]#[O+].[C-]#[O+].[C-]#[O+].[C-]#[O+].[C-]#[O+].[C-]#[O+].[C-]#[O+].[C-]#[O+].[C-]#[O+].[C-]#[O+].[W].[W]. The van der Waals surface area contributed by atoms with E-state index >= 15 is 0 Å². The number of allylic oxidation sites excluding steroid dienone is 4. The first-order valence-electron chi connectivity index (χ1n) is 8.04. The van der Waals surface area contributed by atoms with Gasteiger partial charge in [-0.25, -0.2) is 0 Å². The summed E-state index contributed by atoms with van der Waals surface area (Å²) in [4.78, 5) is 0. The van der Waals surface area contributed by atoms with Crippen molar-refractivity contribution >= 4 is 16.3 Å². The van der Waals surface area contributed by atoms with Crippen molar-refractivity contribution in [3.05, 3.63) is 87.8 Å².